The van der Waals surface area contributed by atoms with E-state index in [1.165, 1.54) is 82.0 Å². The Morgan fingerprint density at radius 2 is 1.81 bits per heavy atom. The Labute approximate surface area is 159 Å². The van der Waals surface area contributed by atoms with Crippen LogP contribution < -0.4 is 0 Å². The van der Waals surface area contributed by atoms with E-state index in [1.807, 2.05) is 0 Å². The minimum atomic E-state index is 0.297. The summed E-state index contributed by atoms with van der Waals surface area (Å²) in [7, 11) is 0. The number of hydrogen-bond donors (Lipinski definition) is 1. The lowest BCUT2D eigenvalue weighted by molar-refractivity contribution is 0.108. The molecule has 4 aliphatic rings. The minimum Gasteiger partial charge on any atom is -0.493 e. The summed E-state index contributed by atoms with van der Waals surface area (Å²) in [5, 5.41) is 9.56. The van der Waals surface area contributed by atoms with E-state index in [4.69, 9.17) is 4.74 Å². The molecule has 3 aliphatic carbocycles. The predicted octanol–water partition coefficient (Wildman–Crippen LogP) is 6.08. The summed E-state index contributed by atoms with van der Waals surface area (Å²) in [6.07, 6.45) is 21.5. The monoisotopic (exact) mass is 356 g/mol. The summed E-state index contributed by atoms with van der Waals surface area (Å²) in [5.74, 6) is 3.48. The van der Waals surface area contributed by atoms with Crippen molar-refractivity contribution < 1.29 is 9.84 Å². The van der Waals surface area contributed by atoms with Gasteiger partial charge in [-0.25, -0.2) is 0 Å². The molecule has 0 spiro atoms. The molecular weight excluding hydrogens is 320 g/mol. The SMILES string of the molecule is OCCC1COC2=C(CCCC3CCCCC3C1)CC1=CCCCC1=C2. The Kier molecular flexibility index (Phi) is 6.20. The van der Waals surface area contributed by atoms with E-state index >= 15 is 0 Å². The first-order chi connectivity index (χ1) is 12.8. The Bertz CT molecular complexity index is 583. The number of aliphatic hydroxyl groups is 1. The Morgan fingerprint density at radius 3 is 2.69 bits per heavy atom. The van der Waals surface area contributed by atoms with Crippen LogP contribution in [-0.2, 0) is 4.74 Å². The van der Waals surface area contributed by atoms with Crippen molar-refractivity contribution in [2.45, 2.75) is 83.5 Å². The molecule has 3 atom stereocenters. The molecule has 144 valence electrons. The van der Waals surface area contributed by atoms with E-state index in [2.05, 4.69) is 12.2 Å². The molecular formula is C24H36O2. The molecule has 3 unspecified atom stereocenters. The Morgan fingerprint density at radius 1 is 0.962 bits per heavy atom. The standard InChI is InChI=1S/C24H36O2/c25-13-12-18-14-20-7-2-1-6-19(20)10-5-11-23-15-21-8-3-4-9-22(21)16-24(23)26-17-18/h8,16,18-20,25H,1-7,9-15,17H2. The van der Waals surface area contributed by atoms with Crippen LogP contribution in [0, 0.1) is 17.8 Å². The second-order valence-electron chi connectivity index (χ2n) is 9.06. The van der Waals surface area contributed by atoms with Crippen LogP contribution in [0.1, 0.15) is 83.5 Å². The average molecular weight is 357 g/mol. The number of aliphatic hydroxyl groups excluding tert-OH is 1. The lowest BCUT2D eigenvalue weighted by atomic mass is 9.72. The van der Waals surface area contributed by atoms with Crippen molar-refractivity contribution in [3.63, 3.8) is 0 Å². The molecule has 2 heteroatoms. The number of hydrogen-bond acceptors (Lipinski definition) is 2. The molecule has 26 heavy (non-hydrogen) atoms. The van der Waals surface area contributed by atoms with Crippen molar-refractivity contribution in [3.8, 4) is 0 Å². The van der Waals surface area contributed by atoms with Crippen molar-refractivity contribution >= 4 is 0 Å². The zero-order valence-corrected chi connectivity index (χ0v) is 16.3. The zero-order chi connectivity index (χ0) is 17.8. The van der Waals surface area contributed by atoms with Crippen molar-refractivity contribution in [3.05, 3.63) is 34.6 Å². The van der Waals surface area contributed by atoms with Gasteiger partial charge in [0.2, 0.25) is 0 Å². The van der Waals surface area contributed by atoms with Crippen LogP contribution in [0.2, 0.25) is 0 Å². The molecule has 1 heterocycles. The molecule has 0 aromatic rings. The van der Waals surface area contributed by atoms with Crippen LogP contribution in [0.3, 0.4) is 0 Å². The van der Waals surface area contributed by atoms with Gasteiger partial charge in [0.25, 0.3) is 0 Å². The summed E-state index contributed by atoms with van der Waals surface area (Å²) in [6.45, 7) is 1.09. The number of fused-ring (bicyclic) bond motifs is 2. The summed E-state index contributed by atoms with van der Waals surface area (Å²) < 4.78 is 6.44. The maximum atomic E-state index is 9.56. The fraction of sp³-hybridized carbons (Fsp3) is 0.750. The maximum Gasteiger partial charge on any atom is 0.119 e. The van der Waals surface area contributed by atoms with Gasteiger partial charge in [-0.2, -0.15) is 0 Å². The van der Waals surface area contributed by atoms with Gasteiger partial charge in [-0.3, -0.25) is 0 Å². The molecule has 1 saturated carbocycles. The normalized spacial score (nSPS) is 32.9. The topological polar surface area (TPSA) is 29.5 Å². The molecule has 1 N–H and O–H groups in total. The third-order valence-electron chi connectivity index (χ3n) is 7.28. The molecule has 4 rings (SSSR count). The molecule has 1 fully saturated rings. The highest BCUT2D eigenvalue weighted by Gasteiger charge is 2.29. The van der Waals surface area contributed by atoms with E-state index in [0.29, 0.717) is 12.5 Å². The largest absolute Gasteiger partial charge is 0.493 e. The number of allylic oxidation sites excluding steroid dienone is 5. The number of rotatable bonds is 2. The van der Waals surface area contributed by atoms with Gasteiger partial charge in [0.05, 0.1) is 6.61 Å². The van der Waals surface area contributed by atoms with Gasteiger partial charge in [-0.1, -0.05) is 31.8 Å². The second kappa shape index (κ2) is 8.78. The van der Waals surface area contributed by atoms with E-state index in [-0.39, 0.29) is 0 Å². The van der Waals surface area contributed by atoms with Gasteiger partial charge in [-0.05, 0) is 98.3 Å². The highest BCUT2D eigenvalue weighted by atomic mass is 16.5. The van der Waals surface area contributed by atoms with Crippen molar-refractivity contribution in [1.29, 1.82) is 0 Å². The first-order valence-corrected chi connectivity index (χ1v) is 11.2. The lowest BCUT2D eigenvalue weighted by Crippen LogP contribution is -2.24. The van der Waals surface area contributed by atoms with Crippen LogP contribution in [0.5, 0.6) is 0 Å². The highest BCUT2D eigenvalue weighted by Crippen LogP contribution is 2.41. The molecule has 2 nitrogen and oxygen atoms in total. The van der Waals surface area contributed by atoms with Gasteiger partial charge in [0, 0.05) is 6.61 Å². The van der Waals surface area contributed by atoms with Gasteiger partial charge in [0.1, 0.15) is 5.76 Å². The molecule has 1 aliphatic heterocycles. The van der Waals surface area contributed by atoms with Gasteiger partial charge in [0.15, 0.2) is 0 Å². The summed E-state index contributed by atoms with van der Waals surface area (Å²) in [6, 6.07) is 0. The fourth-order valence-corrected chi connectivity index (χ4v) is 5.78. The Hall–Kier alpha value is -1.02. The second-order valence-corrected chi connectivity index (χ2v) is 9.06. The van der Waals surface area contributed by atoms with Crippen molar-refractivity contribution in [2.24, 2.45) is 17.8 Å². The average Bonchev–Trinajstić information content (AvgIpc) is 2.70. The van der Waals surface area contributed by atoms with Crippen LogP contribution in [0.4, 0.5) is 0 Å². The van der Waals surface area contributed by atoms with E-state index < -0.39 is 0 Å². The first kappa shape index (κ1) is 18.3. The Balaban J connectivity index is 1.54. The van der Waals surface area contributed by atoms with Crippen LogP contribution in [-0.4, -0.2) is 18.3 Å². The van der Waals surface area contributed by atoms with Gasteiger partial charge >= 0.3 is 0 Å². The zero-order valence-electron chi connectivity index (χ0n) is 16.3. The van der Waals surface area contributed by atoms with Gasteiger partial charge < -0.3 is 9.84 Å². The maximum absolute atomic E-state index is 9.56. The quantitative estimate of drug-likeness (QED) is 0.650. The van der Waals surface area contributed by atoms with E-state index in [9.17, 15) is 5.11 Å². The highest BCUT2D eigenvalue weighted by molar-refractivity contribution is 5.46. The van der Waals surface area contributed by atoms with Crippen LogP contribution in [0.15, 0.2) is 34.6 Å². The fourth-order valence-electron chi connectivity index (χ4n) is 5.78. The molecule has 0 saturated heterocycles. The van der Waals surface area contributed by atoms with E-state index in [0.717, 1.165) is 31.3 Å². The van der Waals surface area contributed by atoms with Crippen molar-refractivity contribution in [1.82, 2.24) is 0 Å². The van der Waals surface area contributed by atoms with Crippen molar-refractivity contribution in [2.75, 3.05) is 13.2 Å². The smallest absolute Gasteiger partial charge is 0.119 e. The number of ether oxygens (including phenoxy) is 1. The molecule has 0 radical (unpaired) electrons. The van der Waals surface area contributed by atoms with Crippen LogP contribution >= 0.6 is 0 Å². The molecule has 0 bridgehead atoms. The third-order valence-corrected chi connectivity index (χ3v) is 7.28. The minimum absolute atomic E-state index is 0.297. The van der Waals surface area contributed by atoms with Gasteiger partial charge in [-0.15, -0.1) is 0 Å². The summed E-state index contributed by atoms with van der Waals surface area (Å²) >= 11 is 0. The van der Waals surface area contributed by atoms with E-state index in [1.54, 1.807) is 11.1 Å². The molecule has 0 aromatic carbocycles. The van der Waals surface area contributed by atoms with Crippen LogP contribution in [0.25, 0.3) is 0 Å². The summed E-state index contributed by atoms with van der Waals surface area (Å²) in [4.78, 5) is 0. The summed E-state index contributed by atoms with van der Waals surface area (Å²) in [5.41, 5.74) is 4.65. The molecule has 0 amide bonds. The lowest BCUT2D eigenvalue weighted by Gasteiger charge is -2.34. The molecule has 0 aromatic heterocycles. The first-order valence-electron chi connectivity index (χ1n) is 11.2. The predicted molar refractivity (Wildman–Crippen MR) is 107 cm³/mol. The third kappa shape index (κ3) is 4.27.